The van der Waals surface area contributed by atoms with Gasteiger partial charge in [-0.15, -0.1) is 0 Å². The molecular weight excluding hydrogens is 336 g/mol. The van der Waals surface area contributed by atoms with Crippen LogP contribution in [0.25, 0.3) is 0 Å². The fraction of sp³-hybridized carbons (Fsp3) is 0.500. The predicted molar refractivity (Wildman–Crippen MR) is 71.6 cm³/mol. The maximum Gasteiger partial charge on any atom is 0.230 e. The van der Waals surface area contributed by atoms with Crippen molar-refractivity contribution in [3.05, 3.63) is 20.1 Å². The van der Waals surface area contributed by atoms with Gasteiger partial charge in [0.05, 0.1) is 0 Å². The number of carbonyl (C=O) groups excluding carboxylic acids is 2. The summed E-state index contributed by atoms with van der Waals surface area (Å²) >= 11 is 6.80. The Morgan fingerprint density at radius 2 is 1.00 bits per heavy atom. The summed E-state index contributed by atoms with van der Waals surface area (Å²) in [4.78, 5) is 23.9. The molecular formula is C12H14Br2O2. The Balaban J connectivity index is 3.46. The number of ketones is 2. The van der Waals surface area contributed by atoms with Crippen molar-refractivity contribution in [3.8, 4) is 0 Å². The molecule has 0 aliphatic heterocycles. The first-order chi connectivity index (χ1) is 7.29. The molecule has 0 bridgehead atoms. The summed E-state index contributed by atoms with van der Waals surface area (Å²) in [5.41, 5.74) is 1.11. The van der Waals surface area contributed by atoms with E-state index in [1.807, 2.05) is 27.7 Å². The molecule has 0 heterocycles. The highest BCUT2D eigenvalue weighted by Crippen LogP contribution is 2.39. The molecule has 0 atom stereocenters. The highest BCUT2D eigenvalue weighted by molar-refractivity contribution is 9.15. The second-order valence-electron chi connectivity index (χ2n) is 4.42. The largest absolute Gasteiger partial charge is 0.285 e. The number of Topliss-reactive ketones (excluding diaryl/α,β-unsaturated/α-hetero) is 2. The van der Waals surface area contributed by atoms with E-state index in [9.17, 15) is 9.59 Å². The Morgan fingerprint density at radius 3 is 1.19 bits per heavy atom. The molecule has 0 N–H and O–H groups in total. The van der Waals surface area contributed by atoms with Crippen LogP contribution in [0, 0.1) is 11.8 Å². The molecule has 1 aliphatic rings. The van der Waals surface area contributed by atoms with E-state index in [0.29, 0.717) is 11.1 Å². The van der Waals surface area contributed by atoms with Crippen molar-refractivity contribution in [3.63, 3.8) is 0 Å². The Labute approximate surface area is 112 Å². The number of rotatable bonds is 2. The second kappa shape index (κ2) is 4.96. The van der Waals surface area contributed by atoms with Gasteiger partial charge in [-0.05, 0) is 43.7 Å². The molecule has 0 fully saturated rings. The standard InChI is InChI=1S/C12H14Br2O2/c1-5(2)7-9(13)10(14)8(6(3)4)12(16)11(7)15/h5-6H,1-4H3. The zero-order valence-corrected chi connectivity index (χ0v) is 12.9. The number of hydrogen-bond acceptors (Lipinski definition) is 2. The van der Waals surface area contributed by atoms with Crippen LogP contribution < -0.4 is 0 Å². The molecule has 88 valence electrons. The molecule has 0 saturated carbocycles. The first-order valence-electron chi connectivity index (χ1n) is 5.17. The zero-order valence-electron chi connectivity index (χ0n) is 9.73. The summed E-state index contributed by atoms with van der Waals surface area (Å²) in [5, 5.41) is 0. The van der Waals surface area contributed by atoms with Gasteiger partial charge in [-0.3, -0.25) is 9.59 Å². The molecule has 0 aromatic carbocycles. The highest BCUT2D eigenvalue weighted by Gasteiger charge is 2.35. The van der Waals surface area contributed by atoms with Gasteiger partial charge in [-0.1, -0.05) is 27.7 Å². The van der Waals surface area contributed by atoms with Gasteiger partial charge in [0.15, 0.2) is 0 Å². The lowest BCUT2D eigenvalue weighted by Crippen LogP contribution is -2.28. The van der Waals surface area contributed by atoms with Gasteiger partial charge < -0.3 is 0 Å². The average molecular weight is 350 g/mol. The molecule has 0 saturated heterocycles. The molecule has 1 rings (SSSR count). The second-order valence-corrected chi connectivity index (χ2v) is 6.01. The summed E-state index contributed by atoms with van der Waals surface area (Å²) in [6, 6.07) is 0. The topological polar surface area (TPSA) is 34.1 Å². The van der Waals surface area contributed by atoms with E-state index in [2.05, 4.69) is 31.9 Å². The van der Waals surface area contributed by atoms with Crippen LogP contribution in [-0.4, -0.2) is 11.6 Å². The lowest BCUT2D eigenvalue weighted by molar-refractivity contribution is -0.132. The molecule has 1 aliphatic carbocycles. The number of allylic oxidation sites excluding steroid dienone is 4. The van der Waals surface area contributed by atoms with Crippen molar-refractivity contribution < 1.29 is 9.59 Å². The molecule has 0 aromatic heterocycles. The first kappa shape index (κ1) is 13.8. The fourth-order valence-electron chi connectivity index (χ4n) is 1.71. The number of carbonyl (C=O) groups is 2. The molecule has 4 heteroatoms. The van der Waals surface area contributed by atoms with Crippen LogP contribution in [0.2, 0.25) is 0 Å². The van der Waals surface area contributed by atoms with E-state index in [0.717, 1.165) is 8.96 Å². The van der Waals surface area contributed by atoms with Gasteiger partial charge in [0, 0.05) is 20.1 Å². The van der Waals surface area contributed by atoms with Crippen molar-refractivity contribution in [2.75, 3.05) is 0 Å². The van der Waals surface area contributed by atoms with Crippen molar-refractivity contribution in [2.24, 2.45) is 11.8 Å². The van der Waals surface area contributed by atoms with Crippen LogP contribution in [-0.2, 0) is 9.59 Å². The molecule has 0 radical (unpaired) electrons. The van der Waals surface area contributed by atoms with Crippen LogP contribution in [0.3, 0.4) is 0 Å². The normalized spacial score (nSPS) is 18.2. The average Bonchev–Trinajstić information content (AvgIpc) is 2.14. The van der Waals surface area contributed by atoms with Crippen LogP contribution in [0.15, 0.2) is 20.1 Å². The Hall–Kier alpha value is -0.220. The van der Waals surface area contributed by atoms with Gasteiger partial charge in [0.1, 0.15) is 0 Å². The zero-order chi connectivity index (χ0) is 12.6. The maximum absolute atomic E-state index is 11.9. The lowest BCUT2D eigenvalue weighted by Gasteiger charge is -2.22. The molecule has 16 heavy (non-hydrogen) atoms. The fourth-order valence-corrected chi connectivity index (χ4v) is 3.41. The number of halogens is 2. The maximum atomic E-state index is 11.9. The Bertz CT molecular complexity index is 375. The van der Waals surface area contributed by atoms with Crippen LogP contribution in [0.1, 0.15) is 27.7 Å². The first-order valence-corrected chi connectivity index (χ1v) is 6.76. The van der Waals surface area contributed by atoms with Crippen molar-refractivity contribution in [1.29, 1.82) is 0 Å². The monoisotopic (exact) mass is 348 g/mol. The molecule has 2 nitrogen and oxygen atoms in total. The third-order valence-corrected chi connectivity index (χ3v) is 4.70. The van der Waals surface area contributed by atoms with Crippen LogP contribution in [0.5, 0.6) is 0 Å². The Kier molecular flexibility index (Phi) is 4.29. The van der Waals surface area contributed by atoms with Gasteiger partial charge in [-0.25, -0.2) is 0 Å². The van der Waals surface area contributed by atoms with Crippen LogP contribution in [0.4, 0.5) is 0 Å². The summed E-state index contributed by atoms with van der Waals surface area (Å²) < 4.78 is 1.44. The molecule has 0 amide bonds. The minimum atomic E-state index is -0.381. The summed E-state index contributed by atoms with van der Waals surface area (Å²) in [6.45, 7) is 7.62. The van der Waals surface area contributed by atoms with Gasteiger partial charge >= 0.3 is 0 Å². The Morgan fingerprint density at radius 1 is 0.750 bits per heavy atom. The van der Waals surface area contributed by atoms with E-state index in [-0.39, 0.29) is 23.4 Å². The molecule has 0 unspecified atom stereocenters. The van der Waals surface area contributed by atoms with Crippen molar-refractivity contribution >= 4 is 43.4 Å². The summed E-state index contributed by atoms with van der Waals surface area (Å²) in [6.07, 6.45) is 0. The van der Waals surface area contributed by atoms with E-state index in [4.69, 9.17) is 0 Å². The van der Waals surface area contributed by atoms with Gasteiger partial charge in [0.25, 0.3) is 0 Å². The van der Waals surface area contributed by atoms with Crippen LogP contribution >= 0.6 is 31.9 Å². The predicted octanol–water partition coefficient (Wildman–Crippen LogP) is 3.75. The van der Waals surface area contributed by atoms with Crippen molar-refractivity contribution in [1.82, 2.24) is 0 Å². The van der Waals surface area contributed by atoms with Gasteiger partial charge in [-0.2, -0.15) is 0 Å². The quantitative estimate of drug-likeness (QED) is 0.562. The smallest absolute Gasteiger partial charge is 0.230 e. The third-order valence-electron chi connectivity index (χ3n) is 2.52. The van der Waals surface area contributed by atoms with E-state index in [1.54, 1.807) is 0 Å². The molecule has 0 aromatic rings. The van der Waals surface area contributed by atoms with E-state index >= 15 is 0 Å². The highest BCUT2D eigenvalue weighted by atomic mass is 79.9. The van der Waals surface area contributed by atoms with E-state index < -0.39 is 0 Å². The van der Waals surface area contributed by atoms with E-state index in [1.165, 1.54) is 0 Å². The lowest BCUT2D eigenvalue weighted by atomic mass is 9.85. The number of hydrogen-bond donors (Lipinski definition) is 0. The minimum absolute atomic E-state index is 0.0343. The third kappa shape index (κ3) is 2.23. The minimum Gasteiger partial charge on any atom is -0.285 e. The van der Waals surface area contributed by atoms with Crippen molar-refractivity contribution in [2.45, 2.75) is 27.7 Å². The summed E-state index contributed by atoms with van der Waals surface area (Å²) in [7, 11) is 0. The SMILES string of the molecule is CC(C)C1=C(Br)C(Br)=C(C(C)C)C(=O)C1=O. The summed E-state index contributed by atoms with van der Waals surface area (Å²) in [5.74, 6) is -0.693. The van der Waals surface area contributed by atoms with Gasteiger partial charge in [0.2, 0.25) is 11.6 Å². The molecule has 0 spiro atoms.